The first kappa shape index (κ1) is 11.6. The minimum absolute atomic E-state index is 0.387. The third-order valence-electron chi connectivity index (χ3n) is 2.28. The monoisotopic (exact) mass is 206 g/mol. The van der Waals surface area contributed by atoms with Gasteiger partial charge in [-0.05, 0) is 31.5 Å². The molecule has 0 aliphatic heterocycles. The van der Waals surface area contributed by atoms with Crippen LogP contribution in [0.1, 0.15) is 37.0 Å². The van der Waals surface area contributed by atoms with Crippen molar-refractivity contribution in [3.63, 3.8) is 0 Å². The average molecular weight is 206 g/mol. The first-order valence-electron chi connectivity index (χ1n) is 5.30. The van der Waals surface area contributed by atoms with Crippen molar-refractivity contribution in [2.45, 2.75) is 32.7 Å². The minimum atomic E-state index is -0.387. The van der Waals surface area contributed by atoms with Gasteiger partial charge in [0.25, 0.3) is 0 Å². The molecule has 1 rings (SSSR count). The van der Waals surface area contributed by atoms with E-state index in [9.17, 15) is 4.79 Å². The number of hydrogen-bond acceptors (Lipinski definition) is 2. The van der Waals surface area contributed by atoms with Gasteiger partial charge in [0.05, 0.1) is 0 Å². The third-order valence-corrected chi connectivity index (χ3v) is 2.28. The number of rotatable bonds is 5. The number of hydrogen-bond donors (Lipinski definition) is 2. The van der Waals surface area contributed by atoms with Crippen molar-refractivity contribution < 1.29 is 4.79 Å². The van der Waals surface area contributed by atoms with E-state index in [1.807, 2.05) is 12.1 Å². The summed E-state index contributed by atoms with van der Waals surface area (Å²) >= 11 is 0. The molecule has 0 aliphatic rings. The van der Waals surface area contributed by atoms with Crippen LogP contribution < -0.4 is 11.1 Å². The summed E-state index contributed by atoms with van der Waals surface area (Å²) in [6.45, 7) is 4.28. The Hall–Kier alpha value is -1.51. The van der Waals surface area contributed by atoms with Crippen LogP contribution in [-0.4, -0.2) is 11.9 Å². The number of nitrogens with one attached hydrogen (secondary N) is 1. The second-order valence-corrected chi connectivity index (χ2v) is 3.78. The van der Waals surface area contributed by atoms with Gasteiger partial charge in [0.1, 0.15) is 0 Å². The predicted molar refractivity (Wildman–Crippen MR) is 63.0 cm³/mol. The molecule has 3 heteroatoms. The fraction of sp³-hybridized carbons (Fsp3) is 0.417. The molecule has 15 heavy (non-hydrogen) atoms. The summed E-state index contributed by atoms with van der Waals surface area (Å²) in [5, 5.41) is 3.33. The van der Waals surface area contributed by atoms with Crippen molar-refractivity contribution in [3.05, 3.63) is 29.8 Å². The van der Waals surface area contributed by atoms with E-state index in [1.165, 1.54) is 0 Å². The minimum Gasteiger partial charge on any atom is -0.383 e. The Morgan fingerprint density at radius 2 is 2.27 bits per heavy atom. The topological polar surface area (TPSA) is 55.1 Å². The largest absolute Gasteiger partial charge is 0.383 e. The summed E-state index contributed by atoms with van der Waals surface area (Å²) in [6, 6.07) is 7.70. The number of nitrogens with two attached hydrogens (primary N) is 1. The van der Waals surface area contributed by atoms with Crippen LogP contribution in [0.2, 0.25) is 0 Å². The van der Waals surface area contributed by atoms with Crippen LogP contribution in [-0.2, 0) is 0 Å². The molecule has 0 bridgehead atoms. The summed E-state index contributed by atoms with van der Waals surface area (Å²) < 4.78 is 0. The number of carbonyl (C=O) groups is 1. The lowest BCUT2D eigenvalue weighted by Crippen LogP contribution is -2.16. The molecule has 1 unspecified atom stereocenters. The van der Waals surface area contributed by atoms with E-state index in [0.29, 0.717) is 11.6 Å². The second kappa shape index (κ2) is 5.39. The van der Waals surface area contributed by atoms with Crippen LogP contribution in [0, 0.1) is 0 Å². The van der Waals surface area contributed by atoms with Crippen molar-refractivity contribution in [1.29, 1.82) is 0 Å². The molecule has 3 nitrogen and oxygen atoms in total. The van der Waals surface area contributed by atoms with Crippen LogP contribution >= 0.6 is 0 Å². The SMILES string of the molecule is CCCC(C)Nc1cccc(C(N)=O)c1. The maximum atomic E-state index is 11.0. The van der Waals surface area contributed by atoms with E-state index in [1.54, 1.807) is 12.1 Å². The number of primary amides is 1. The molecule has 1 atom stereocenters. The summed E-state index contributed by atoms with van der Waals surface area (Å²) in [6.07, 6.45) is 2.25. The Kier molecular flexibility index (Phi) is 4.16. The Bertz CT molecular complexity index is 336. The van der Waals surface area contributed by atoms with Gasteiger partial charge in [-0.2, -0.15) is 0 Å². The van der Waals surface area contributed by atoms with Crippen molar-refractivity contribution >= 4 is 11.6 Å². The van der Waals surface area contributed by atoms with E-state index in [-0.39, 0.29) is 5.91 Å². The number of carbonyl (C=O) groups excluding carboxylic acids is 1. The summed E-state index contributed by atoms with van der Waals surface area (Å²) in [5.74, 6) is -0.387. The molecule has 0 aliphatic carbocycles. The highest BCUT2D eigenvalue weighted by atomic mass is 16.1. The molecule has 0 aromatic heterocycles. The molecule has 0 radical (unpaired) electrons. The van der Waals surface area contributed by atoms with E-state index < -0.39 is 0 Å². The highest BCUT2D eigenvalue weighted by Gasteiger charge is 2.03. The zero-order valence-corrected chi connectivity index (χ0v) is 9.29. The van der Waals surface area contributed by atoms with Crippen molar-refractivity contribution in [2.24, 2.45) is 5.73 Å². The fourth-order valence-corrected chi connectivity index (χ4v) is 1.55. The second-order valence-electron chi connectivity index (χ2n) is 3.78. The van der Waals surface area contributed by atoms with Gasteiger partial charge in [0, 0.05) is 17.3 Å². The molecule has 0 spiro atoms. The first-order chi connectivity index (χ1) is 7.13. The molecular formula is C12H18N2O. The van der Waals surface area contributed by atoms with Crippen LogP contribution in [0.5, 0.6) is 0 Å². The quantitative estimate of drug-likeness (QED) is 0.777. The predicted octanol–water partition coefficient (Wildman–Crippen LogP) is 2.39. The van der Waals surface area contributed by atoms with Gasteiger partial charge in [-0.1, -0.05) is 19.4 Å². The highest BCUT2D eigenvalue weighted by molar-refractivity contribution is 5.93. The molecule has 0 saturated heterocycles. The smallest absolute Gasteiger partial charge is 0.248 e. The molecule has 0 heterocycles. The molecular weight excluding hydrogens is 188 g/mol. The van der Waals surface area contributed by atoms with Crippen LogP contribution in [0.3, 0.4) is 0 Å². The molecule has 1 amide bonds. The normalized spacial score (nSPS) is 12.1. The molecule has 3 N–H and O–H groups in total. The molecule has 0 saturated carbocycles. The van der Waals surface area contributed by atoms with Gasteiger partial charge in [-0.25, -0.2) is 0 Å². The lowest BCUT2D eigenvalue weighted by molar-refractivity contribution is 0.100. The van der Waals surface area contributed by atoms with Gasteiger partial charge in [-0.3, -0.25) is 4.79 Å². The van der Waals surface area contributed by atoms with E-state index in [2.05, 4.69) is 19.2 Å². The Balaban J connectivity index is 2.69. The zero-order valence-electron chi connectivity index (χ0n) is 9.29. The third kappa shape index (κ3) is 3.62. The van der Waals surface area contributed by atoms with E-state index in [0.717, 1.165) is 18.5 Å². The first-order valence-corrected chi connectivity index (χ1v) is 5.30. The van der Waals surface area contributed by atoms with Crippen molar-refractivity contribution in [3.8, 4) is 0 Å². The van der Waals surface area contributed by atoms with Crippen LogP contribution in [0.15, 0.2) is 24.3 Å². The maximum Gasteiger partial charge on any atom is 0.248 e. The Morgan fingerprint density at radius 1 is 1.53 bits per heavy atom. The van der Waals surface area contributed by atoms with Gasteiger partial charge in [0.2, 0.25) is 5.91 Å². The Morgan fingerprint density at radius 3 is 2.87 bits per heavy atom. The van der Waals surface area contributed by atoms with Gasteiger partial charge in [0.15, 0.2) is 0 Å². The van der Waals surface area contributed by atoms with Crippen molar-refractivity contribution in [1.82, 2.24) is 0 Å². The molecule has 82 valence electrons. The van der Waals surface area contributed by atoms with Crippen LogP contribution in [0.4, 0.5) is 5.69 Å². The molecule has 1 aromatic carbocycles. The summed E-state index contributed by atoms with van der Waals surface area (Å²) in [5.41, 5.74) is 6.70. The highest BCUT2D eigenvalue weighted by Crippen LogP contribution is 2.12. The van der Waals surface area contributed by atoms with E-state index in [4.69, 9.17) is 5.73 Å². The maximum absolute atomic E-state index is 11.0. The standard InChI is InChI=1S/C12H18N2O/c1-3-5-9(2)14-11-7-4-6-10(8-11)12(13)15/h4,6-9,14H,3,5H2,1-2H3,(H2,13,15). The number of anilines is 1. The molecule has 0 fully saturated rings. The van der Waals surface area contributed by atoms with Crippen molar-refractivity contribution in [2.75, 3.05) is 5.32 Å². The average Bonchev–Trinajstić information content (AvgIpc) is 2.18. The van der Waals surface area contributed by atoms with Gasteiger partial charge >= 0.3 is 0 Å². The summed E-state index contributed by atoms with van der Waals surface area (Å²) in [7, 11) is 0. The summed E-state index contributed by atoms with van der Waals surface area (Å²) in [4.78, 5) is 11.0. The number of benzene rings is 1. The van der Waals surface area contributed by atoms with Crippen LogP contribution in [0.25, 0.3) is 0 Å². The lowest BCUT2D eigenvalue weighted by Gasteiger charge is -2.14. The zero-order chi connectivity index (χ0) is 11.3. The fourth-order valence-electron chi connectivity index (χ4n) is 1.55. The van der Waals surface area contributed by atoms with Gasteiger partial charge in [-0.15, -0.1) is 0 Å². The Labute approximate surface area is 90.7 Å². The molecule has 1 aromatic rings. The number of amides is 1. The lowest BCUT2D eigenvalue weighted by atomic mass is 10.1. The van der Waals surface area contributed by atoms with E-state index >= 15 is 0 Å². The van der Waals surface area contributed by atoms with Gasteiger partial charge < -0.3 is 11.1 Å².